The van der Waals surface area contributed by atoms with Gasteiger partial charge in [0.25, 0.3) is 29.5 Å². The number of carbonyl (C=O) groups excluding carboxylic acids is 5. The summed E-state index contributed by atoms with van der Waals surface area (Å²) in [6, 6.07) is 46.4. The Labute approximate surface area is 661 Å². The molecule has 27 nitrogen and oxygen atoms in total. The van der Waals surface area contributed by atoms with Gasteiger partial charge in [0.1, 0.15) is 34.5 Å². The number of carbonyl (C=O) groups is 5. The van der Waals surface area contributed by atoms with Crippen LogP contribution >= 0.6 is 11.6 Å². The predicted octanol–water partition coefficient (Wildman–Crippen LogP) is 18.5. The lowest BCUT2D eigenvalue weighted by Crippen LogP contribution is -2.28. The van der Waals surface area contributed by atoms with Crippen molar-refractivity contribution in [3.63, 3.8) is 0 Å². The van der Waals surface area contributed by atoms with Crippen molar-refractivity contribution in [3.8, 4) is 96.2 Å². The molecule has 0 saturated carbocycles. The van der Waals surface area contributed by atoms with Crippen molar-refractivity contribution in [3.05, 3.63) is 289 Å². The number of alkyl halides is 3. The summed E-state index contributed by atoms with van der Waals surface area (Å²) in [7, 11) is 1.54. The number of phenols is 5. The van der Waals surface area contributed by atoms with Gasteiger partial charge in [0, 0.05) is 32.8 Å². The summed E-state index contributed by atoms with van der Waals surface area (Å²) >= 11 is 5.86. The summed E-state index contributed by atoms with van der Waals surface area (Å²) in [4.78, 5) is 78.4. The molecular weight excluding hydrogens is 1500 g/mol. The molecule has 0 aliphatic rings. The molecule has 0 atom stereocenters. The number of amides is 5. The van der Waals surface area contributed by atoms with Gasteiger partial charge in [0.05, 0.1) is 114 Å². The highest BCUT2D eigenvalue weighted by atomic mass is 35.5. The molecule has 0 aliphatic heterocycles. The summed E-state index contributed by atoms with van der Waals surface area (Å²) in [5.41, 5.74) is 4.94. The Bertz CT molecular complexity index is 5660. The number of phenolic OH excluding ortho intramolecular Hbond substituents is 5. The van der Waals surface area contributed by atoms with E-state index in [-0.39, 0.29) is 125 Å². The number of hydrogen-bond donors (Lipinski definition) is 15. The third-order valence-corrected chi connectivity index (χ3v) is 16.0. The molecule has 0 fully saturated rings. The van der Waals surface area contributed by atoms with Crippen LogP contribution in [0.3, 0.4) is 0 Å². The lowest BCUT2D eigenvalue weighted by molar-refractivity contribution is -0.137. The number of aromatic hydroxyl groups is 5. The minimum absolute atomic E-state index is 0.00229. The SMILES string of the molecule is [C-]#[N+]c1ccc(O)c(C(=O)NC(C)=N)c1-c1ccc(C#N)cc1.[C-]#[N+]c1ccc(O)c(C(=O)NC(C)=N)c1-c1ccc(C(F)(F)F)cc1.[C-]#[N+]c1ccc(O)c(C(=O)NC(C)=N)c1-c1ccc(C)cc1.[C-]#[N+]c1ccc(O)c(C(=O)NC(C)=N)c1-c1ccc(Cl)cc1.[C-]#[N+]c1ccc(O)c(C(=O)NC(C)=N)c1-c1ccc(OC)cc1. The Morgan fingerprint density at radius 2 is 0.600 bits per heavy atom. The second kappa shape index (κ2) is 39.7. The molecule has 15 N–H and O–H groups in total. The molecule has 10 rings (SSSR count). The average Bonchev–Trinajstić information content (AvgIpc) is 0.735. The number of nitriles is 1. The van der Waals surface area contributed by atoms with Crippen LogP contribution in [0.2, 0.25) is 5.02 Å². The summed E-state index contributed by atoms with van der Waals surface area (Å²) in [6.45, 7) is 45.3. The van der Waals surface area contributed by atoms with Crippen molar-refractivity contribution in [2.75, 3.05) is 7.11 Å². The molecule has 0 bridgehead atoms. The van der Waals surface area contributed by atoms with E-state index in [1.807, 2.05) is 25.1 Å². The van der Waals surface area contributed by atoms with E-state index in [1.54, 1.807) is 92.0 Å². The van der Waals surface area contributed by atoms with Crippen LogP contribution in [0, 0.1) is 78.2 Å². The first kappa shape index (κ1) is 87.6. The van der Waals surface area contributed by atoms with Gasteiger partial charge < -0.3 is 56.9 Å². The maximum atomic E-state index is 12.7. The number of nitrogens with zero attached hydrogens (tertiary/aromatic N) is 6. The Kier molecular flexibility index (Phi) is 30.3. The molecule has 0 radical (unpaired) electrons. The van der Waals surface area contributed by atoms with Gasteiger partial charge in [-0.3, -0.25) is 51.0 Å². The molecule has 0 spiro atoms. The zero-order chi connectivity index (χ0) is 85.3. The van der Waals surface area contributed by atoms with Crippen LogP contribution in [0.5, 0.6) is 34.5 Å². The van der Waals surface area contributed by atoms with Gasteiger partial charge in [-0.1, -0.05) is 120 Å². The molecule has 0 heterocycles. The number of rotatable bonds is 11. The third kappa shape index (κ3) is 22.7. The number of halogens is 4. The van der Waals surface area contributed by atoms with Crippen molar-refractivity contribution < 1.29 is 67.4 Å². The van der Waals surface area contributed by atoms with Gasteiger partial charge in [-0.2, -0.15) is 18.4 Å². The smallest absolute Gasteiger partial charge is 0.416 e. The monoisotopic (exact) mass is 1570 g/mol. The molecule has 576 valence electrons. The number of ether oxygens (including phenoxy) is 1. The van der Waals surface area contributed by atoms with Crippen LogP contribution in [0.15, 0.2) is 182 Å². The van der Waals surface area contributed by atoms with Crippen molar-refractivity contribution in [1.29, 1.82) is 32.3 Å². The van der Waals surface area contributed by atoms with Crippen LogP contribution in [0.25, 0.3) is 79.9 Å². The van der Waals surface area contributed by atoms with Gasteiger partial charge >= 0.3 is 6.18 Å². The van der Waals surface area contributed by atoms with Crippen LogP contribution < -0.4 is 31.3 Å². The van der Waals surface area contributed by atoms with Crippen LogP contribution in [0.1, 0.15) is 103 Å². The molecule has 0 saturated heterocycles. The molecule has 115 heavy (non-hydrogen) atoms. The minimum Gasteiger partial charge on any atom is -0.507 e. The minimum atomic E-state index is -4.52. The molecule has 0 unspecified atom stereocenters. The second-order valence-electron chi connectivity index (χ2n) is 24.1. The summed E-state index contributed by atoms with van der Waals surface area (Å²) in [5, 5.41) is 108. The third-order valence-electron chi connectivity index (χ3n) is 15.7. The standard InChI is InChI=1S/C17H12F3N3O2.C17H12N4O2.C17H15N3O3.C17H15N3O2.C16H12ClN3O2/c1-9(21)23-16(25)15-13(24)8-7-12(22-2)14(15)10-3-5-11(6-4-10)17(18,19)20;1-10(19)21-17(23)16-14(22)8-7-13(20-2)15(16)12-5-3-11(9-18)4-6-12;1-10(18)20-17(22)16-14(21)9-8-13(19-2)15(16)11-4-6-12(23-3)7-5-11;1-10-4-6-12(7-5-10)15-13(19-3)8-9-14(21)16(15)17(22)20-11(2)18;1-9(18)20-16(22)15-13(21)8-7-12(19-2)14(15)10-3-5-11(17)6-4-10/h3-8,24H,1H3,(H2,21,23,25);3-8,22H,1H3,(H2,19,21,23);4-9,21H,1,3H3,(H2,18,20,22);4-9,21H,1-2H3,(H2,18,20,22);3-8,21H,1H3,(H2,18,20,22). The van der Waals surface area contributed by atoms with Crippen LogP contribution in [0.4, 0.5) is 41.6 Å². The maximum absolute atomic E-state index is 12.7. The first-order chi connectivity index (χ1) is 54.5. The summed E-state index contributed by atoms with van der Waals surface area (Å²) < 4.78 is 43.2. The number of nitrogens with one attached hydrogen (secondary N) is 10. The molecule has 5 amide bonds. The molecular formula is C84H66ClF3N16O11. The van der Waals surface area contributed by atoms with Crippen LogP contribution in [-0.2, 0) is 6.18 Å². The summed E-state index contributed by atoms with van der Waals surface area (Å²) in [5.74, 6) is -4.58. The van der Waals surface area contributed by atoms with E-state index in [2.05, 4.69) is 50.8 Å². The highest BCUT2D eigenvalue weighted by molar-refractivity contribution is 6.30. The lowest BCUT2D eigenvalue weighted by atomic mass is 9.95. The van der Waals surface area contributed by atoms with Gasteiger partial charge in [-0.25, -0.2) is 24.2 Å². The number of benzene rings is 10. The normalized spacial score (nSPS) is 9.99. The first-order valence-electron chi connectivity index (χ1n) is 33.1. The lowest BCUT2D eigenvalue weighted by Gasteiger charge is -2.14. The van der Waals surface area contributed by atoms with Crippen molar-refractivity contribution in [2.45, 2.75) is 47.7 Å². The molecule has 31 heteroatoms. The Morgan fingerprint density at radius 3 is 0.809 bits per heavy atom. The van der Waals surface area contributed by atoms with Crippen molar-refractivity contribution in [2.24, 2.45) is 0 Å². The average molecular weight is 1570 g/mol. The van der Waals surface area contributed by atoms with Crippen LogP contribution in [-0.4, -0.2) is 91.4 Å². The zero-order valence-electron chi connectivity index (χ0n) is 61.7. The van der Waals surface area contributed by atoms with Gasteiger partial charge in [0.2, 0.25) is 0 Å². The van der Waals surface area contributed by atoms with E-state index in [9.17, 15) is 62.7 Å². The fourth-order valence-electron chi connectivity index (χ4n) is 10.8. The Balaban J connectivity index is 0.000000224. The zero-order valence-corrected chi connectivity index (χ0v) is 62.5. The number of aryl methyl sites for hydroxylation is 1. The number of methoxy groups -OCH3 is 1. The number of amidine groups is 5. The highest BCUT2D eigenvalue weighted by Gasteiger charge is 2.32. The first-order valence-corrected chi connectivity index (χ1v) is 33.5. The van der Waals surface area contributed by atoms with Gasteiger partial charge in [0.15, 0.2) is 28.4 Å². The second-order valence-corrected chi connectivity index (χ2v) is 24.5. The fraction of sp³-hybridized carbons (Fsp3) is 0.0952. The molecule has 0 aliphatic carbocycles. The van der Waals surface area contributed by atoms with E-state index in [0.717, 1.165) is 35.9 Å². The Morgan fingerprint density at radius 1 is 0.383 bits per heavy atom. The fourth-order valence-corrected chi connectivity index (χ4v) is 10.9. The predicted molar refractivity (Wildman–Crippen MR) is 429 cm³/mol. The van der Waals surface area contributed by atoms with E-state index in [4.69, 9.17) is 81.5 Å². The molecule has 10 aromatic rings. The van der Waals surface area contributed by atoms with Crippen molar-refractivity contribution >= 4 is 98.8 Å². The molecule has 10 aromatic carbocycles. The van der Waals surface area contributed by atoms with Gasteiger partial charge in [-0.15, -0.1) is 0 Å². The van der Waals surface area contributed by atoms with E-state index >= 15 is 0 Å². The highest BCUT2D eigenvalue weighted by Crippen LogP contribution is 2.45. The van der Waals surface area contributed by atoms with E-state index in [0.29, 0.717) is 55.3 Å². The topological polar surface area (TPSA) is 421 Å². The largest absolute Gasteiger partial charge is 0.507 e. The van der Waals surface area contributed by atoms with Gasteiger partial charge in [-0.05, 0) is 148 Å². The van der Waals surface area contributed by atoms with E-state index in [1.165, 1.54) is 89.2 Å². The maximum Gasteiger partial charge on any atom is 0.416 e. The quantitative estimate of drug-likeness (QED) is 0.0326. The molecule has 0 aromatic heterocycles. The Hall–Kier alpha value is -16.3. The van der Waals surface area contributed by atoms with E-state index < -0.39 is 47.0 Å². The van der Waals surface area contributed by atoms with Crippen molar-refractivity contribution in [1.82, 2.24) is 26.6 Å². The number of hydrogen-bond acceptors (Lipinski definition) is 17. The summed E-state index contributed by atoms with van der Waals surface area (Å²) in [6.07, 6.45) is -4.52.